The third kappa shape index (κ3) is 9.62. The van der Waals surface area contributed by atoms with Crippen LogP contribution in [0.3, 0.4) is 0 Å². The Morgan fingerprint density at radius 2 is 1.17 bits per heavy atom. The summed E-state index contributed by atoms with van der Waals surface area (Å²) >= 11 is 2.02. The normalized spacial score (nSPS) is 20.7. The molecular formula is C33H55ClNRh. The van der Waals surface area contributed by atoms with E-state index in [1.165, 1.54) is 70.8 Å². The quantitative estimate of drug-likeness (QED) is 0.189. The van der Waals surface area contributed by atoms with Crippen molar-refractivity contribution in [1.82, 2.24) is 0 Å². The molecule has 1 aromatic carbocycles. The zero-order valence-electron chi connectivity index (χ0n) is 24.6. The van der Waals surface area contributed by atoms with Crippen LogP contribution in [0.2, 0.25) is 0 Å². The van der Waals surface area contributed by atoms with Gasteiger partial charge in [0.2, 0.25) is 0 Å². The summed E-state index contributed by atoms with van der Waals surface area (Å²) < 4.78 is 0. The van der Waals surface area contributed by atoms with Crippen molar-refractivity contribution in [3.05, 3.63) is 68.5 Å². The molecule has 0 amide bonds. The van der Waals surface area contributed by atoms with E-state index in [-0.39, 0.29) is 20.4 Å². The molecule has 3 heteroatoms. The van der Waals surface area contributed by atoms with E-state index in [4.69, 9.17) is 0 Å². The third-order valence-electron chi connectivity index (χ3n) is 7.89. The number of rotatable bonds is 3. The number of hydrogen-bond acceptors (Lipinski definition) is 1. The summed E-state index contributed by atoms with van der Waals surface area (Å²) in [6.07, 6.45) is 22.6. The summed E-state index contributed by atoms with van der Waals surface area (Å²) in [7, 11) is 4.53. The minimum absolute atomic E-state index is 0. The molecule has 1 heterocycles. The van der Waals surface area contributed by atoms with E-state index in [0.717, 1.165) is 0 Å². The van der Waals surface area contributed by atoms with Crippen molar-refractivity contribution in [3.63, 3.8) is 0 Å². The Kier molecular flexibility index (Phi) is 16.8. The molecule has 1 saturated heterocycles. The maximum atomic E-state index is 4.53. The number of allylic oxidation sites excluding steroid dienone is 4. The first-order valence-corrected chi connectivity index (χ1v) is 15.7. The Morgan fingerprint density at radius 1 is 0.750 bits per heavy atom. The third-order valence-corrected chi connectivity index (χ3v) is 7.89. The van der Waals surface area contributed by atoms with Crippen molar-refractivity contribution in [2.45, 2.75) is 123 Å². The first kappa shape index (κ1) is 35.4. The Balaban J connectivity index is 0.000000869. The fraction of sp³-hybridized carbons (Fsp3) is 0.636. The van der Waals surface area contributed by atoms with Crippen LogP contribution in [0.4, 0.5) is 5.69 Å². The van der Waals surface area contributed by atoms with E-state index in [1.54, 1.807) is 16.8 Å². The monoisotopic (exact) mass is 603 g/mol. The van der Waals surface area contributed by atoms with E-state index in [0.29, 0.717) is 17.3 Å². The molecular weight excluding hydrogens is 549 g/mol. The van der Waals surface area contributed by atoms with Crippen molar-refractivity contribution >= 4 is 15.4 Å². The average Bonchev–Trinajstić information content (AvgIpc) is 3.04. The van der Waals surface area contributed by atoms with Gasteiger partial charge in [0.05, 0.1) is 0 Å². The molecule has 0 aromatic heterocycles. The van der Waals surface area contributed by atoms with Gasteiger partial charge in [0.25, 0.3) is 0 Å². The molecule has 1 nitrogen and oxygen atoms in total. The molecule has 2 aliphatic carbocycles. The van der Waals surface area contributed by atoms with Crippen molar-refractivity contribution in [3.8, 4) is 0 Å². The predicted octanol–water partition coefficient (Wildman–Crippen LogP) is 11.1. The SMILES string of the molecule is C1=CCC/C=C\CC1.CC(C)c1cccc(C(C)C)c1N1CC2(CCCCC2)CC1(C)C.[CH3-].[CH3-].[Cl][Rh+2]. The molecule has 0 N–H and O–H groups in total. The van der Waals surface area contributed by atoms with Gasteiger partial charge in [-0.25, -0.2) is 0 Å². The van der Waals surface area contributed by atoms with Gasteiger partial charge in [-0.1, -0.05) is 89.5 Å². The first-order chi connectivity index (χ1) is 16.3. The Morgan fingerprint density at radius 3 is 1.56 bits per heavy atom. The van der Waals surface area contributed by atoms with E-state index in [9.17, 15) is 0 Å². The number of nitrogens with zero attached hydrogens (tertiary/aromatic N) is 1. The fourth-order valence-electron chi connectivity index (χ4n) is 6.32. The second-order valence-corrected chi connectivity index (χ2v) is 11.8. The minimum atomic E-state index is 0. The van der Waals surface area contributed by atoms with Crippen LogP contribution < -0.4 is 4.90 Å². The number of anilines is 1. The van der Waals surface area contributed by atoms with Gasteiger partial charge in [0, 0.05) is 17.8 Å². The van der Waals surface area contributed by atoms with Gasteiger partial charge in [-0.05, 0) is 87.2 Å². The molecule has 1 aromatic rings. The molecule has 36 heavy (non-hydrogen) atoms. The van der Waals surface area contributed by atoms with Crippen LogP contribution in [0.25, 0.3) is 0 Å². The molecule has 4 rings (SSSR count). The predicted molar refractivity (Wildman–Crippen MR) is 162 cm³/mol. The van der Waals surface area contributed by atoms with Gasteiger partial charge >= 0.3 is 27.0 Å². The summed E-state index contributed by atoms with van der Waals surface area (Å²) in [4.78, 5) is 2.81. The van der Waals surface area contributed by atoms with Crippen molar-refractivity contribution < 1.29 is 17.3 Å². The fourth-order valence-corrected chi connectivity index (χ4v) is 6.32. The standard InChI is InChI=1S/C23H37N.C8H12.2CH3.ClH.Rh/c1-17(2)19-11-10-12-20(18(3)4)21(19)24-16-23(15-22(24,5)6)13-8-7-9-14-23;1-2-4-6-8-7-5-3-1;;;;/h10-12,17-18H,7-9,13-16H2,1-6H3;1-2,7-8H,3-6H2;2*1H3;1H;/q;;2*-1;;+3/p-1/b;2-1-,8-7?;;;;. The van der Waals surface area contributed by atoms with E-state index < -0.39 is 0 Å². The Labute approximate surface area is 240 Å². The van der Waals surface area contributed by atoms with Crippen LogP contribution in [0.5, 0.6) is 0 Å². The number of benzene rings is 1. The Hall–Kier alpha value is -0.587. The molecule has 0 bridgehead atoms. The molecule has 1 aliphatic heterocycles. The maximum absolute atomic E-state index is 4.53. The van der Waals surface area contributed by atoms with Gasteiger partial charge in [-0.2, -0.15) is 0 Å². The first-order valence-electron chi connectivity index (χ1n) is 13.6. The summed E-state index contributed by atoms with van der Waals surface area (Å²) in [5, 5.41) is 0. The van der Waals surface area contributed by atoms with E-state index >= 15 is 0 Å². The summed E-state index contributed by atoms with van der Waals surface area (Å²) in [6, 6.07) is 7.01. The zero-order chi connectivity index (χ0) is 25.2. The van der Waals surface area contributed by atoms with Crippen LogP contribution in [0, 0.1) is 20.3 Å². The van der Waals surface area contributed by atoms with Crippen LogP contribution in [-0.2, 0) is 17.3 Å². The second kappa shape index (κ2) is 17.1. The van der Waals surface area contributed by atoms with Crippen molar-refractivity contribution in [2.24, 2.45) is 5.41 Å². The molecule has 2 fully saturated rings. The molecule has 1 spiro atoms. The average molecular weight is 604 g/mol. The molecule has 208 valence electrons. The number of para-hydroxylation sites is 1. The molecule has 0 atom stereocenters. The summed E-state index contributed by atoms with van der Waals surface area (Å²) in [6.45, 7) is 15.6. The van der Waals surface area contributed by atoms with Crippen LogP contribution in [0.1, 0.15) is 129 Å². The molecule has 0 radical (unpaired) electrons. The molecule has 1 saturated carbocycles. The Bertz CT molecular complexity index is 735. The van der Waals surface area contributed by atoms with Crippen molar-refractivity contribution in [1.29, 1.82) is 0 Å². The topological polar surface area (TPSA) is 3.24 Å². The van der Waals surface area contributed by atoms with Gasteiger partial charge in [-0.15, -0.1) is 0 Å². The van der Waals surface area contributed by atoms with E-state index in [2.05, 4.69) is 98.6 Å². The van der Waals surface area contributed by atoms with Gasteiger partial charge < -0.3 is 19.8 Å². The van der Waals surface area contributed by atoms with Gasteiger partial charge in [0.1, 0.15) is 0 Å². The van der Waals surface area contributed by atoms with Crippen LogP contribution in [0.15, 0.2) is 42.5 Å². The second-order valence-electron chi connectivity index (χ2n) is 11.8. The van der Waals surface area contributed by atoms with Gasteiger partial charge in [0.15, 0.2) is 0 Å². The van der Waals surface area contributed by atoms with Crippen molar-refractivity contribution in [2.75, 3.05) is 11.4 Å². The van der Waals surface area contributed by atoms with E-state index in [1.807, 2.05) is 17.3 Å². The number of halogens is 1. The van der Waals surface area contributed by atoms with Crippen LogP contribution in [-0.4, -0.2) is 12.1 Å². The molecule has 0 unspecified atom stereocenters. The summed E-state index contributed by atoms with van der Waals surface area (Å²) in [5.41, 5.74) is 5.49. The zero-order valence-corrected chi connectivity index (χ0v) is 27.0. The molecule has 3 aliphatic rings. The summed E-state index contributed by atoms with van der Waals surface area (Å²) in [5.74, 6) is 1.16. The van der Waals surface area contributed by atoms with Crippen LogP contribution >= 0.6 is 9.69 Å². The van der Waals surface area contributed by atoms with Gasteiger partial charge in [-0.3, -0.25) is 0 Å². The number of hydrogen-bond donors (Lipinski definition) is 0.